The quantitative estimate of drug-likeness (QED) is 0.838. The number of anilines is 1. The maximum atomic E-state index is 5.72. The van der Waals surface area contributed by atoms with Crippen LogP contribution in [0.15, 0.2) is 18.3 Å². The summed E-state index contributed by atoms with van der Waals surface area (Å²) in [6.45, 7) is 3.08. The standard InChI is InChI=1S/C13H19N3/c14-8-10-4-6-16(9-10)12-3-5-15-13(7-12)11-1-2-11/h3,5,7,10-11H,1-2,4,6,8-9,14H2. The molecular weight excluding hydrogens is 198 g/mol. The molecule has 1 aliphatic heterocycles. The van der Waals surface area contributed by atoms with Crippen molar-refractivity contribution in [2.75, 3.05) is 24.5 Å². The van der Waals surface area contributed by atoms with E-state index in [0.29, 0.717) is 5.92 Å². The van der Waals surface area contributed by atoms with Crippen LogP contribution in [0.1, 0.15) is 30.9 Å². The molecule has 16 heavy (non-hydrogen) atoms. The van der Waals surface area contributed by atoms with E-state index in [-0.39, 0.29) is 0 Å². The van der Waals surface area contributed by atoms with Crippen molar-refractivity contribution in [3.63, 3.8) is 0 Å². The zero-order valence-electron chi connectivity index (χ0n) is 9.60. The summed E-state index contributed by atoms with van der Waals surface area (Å²) in [5.41, 5.74) is 8.35. The minimum atomic E-state index is 0.678. The zero-order valence-corrected chi connectivity index (χ0v) is 9.60. The molecule has 1 atom stereocenters. The lowest BCUT2D eigenvalue weighted by Crippen LogP contribution is -2.22. The first kappa shape index (κ1) is 10.1. The Kier molecular flexibility index (Phi) is 2.56. The SMILES string of the molecule is NCC1CCN(c2ccnc(C3CC3)c2)C1. The van der Waals surface area contributed by atoms with E-state index in [1.807, 2.05) is 6.20 Å². The number of nitrogens with zero attached hydrogens (tertiary/aromatic N) is 2. The predicted molar refractivity (Wildman–Crippen MR) is 65.6 cm³/mol. The van der Waals surface area contributed by atoms with E-state index in [0.717, 1.165) is 25.6 Å². The molecule has 0 radical (unpaired) electrons. The van der Waals surface area contributed by atoms with Crippen molar-refractivity contribution in [2.45, 2.75) is 25.2 Å². The molecule has 0 spiro atoms. The normalized spacial score (nSPS) is 25.1. The highest BCUT2D eigenvalue weighted by Gasteiger charge is 2.26. The summed E-state index contributed by atoms with van der Waals surface area (Å²) >= 11 is 0. The number of nitrogens with two attached hydrogens (primary N) is 1. The second kappa shape index (κ2) is 4.06. The van der Waals surface area contributed by atoms with Gasteiger partial charge in [-0.2, -0.15) is 0 Å². The Morgan fingerprint density at radius 1 is 1.38 bits per heavy atom. The Balaban J connectivity index is 1.76. The van der Waals surface area contributed by atoms with Gasteiger partial charge >= 0.3 is 0 Å². The molecule has 0 aromatic carbocycles. The lowest BCUT2D eigenvalue weighted by Gasteiger charge is -2.18. The first-order chi connectivity index (χ1) is 7.86. The Bertz CT molecular complexity index is 373. The molecule has 2 aliphatic rings. The number of aromatic nitrogens is 1. The molecule has 3 heteroatoms. The van der Waals surface area contributed by atoms with Crippen LogP contribution in [0.3, 0.4) is 0 Å². The predicted octanol–water partition coefficient (Wildman–Crippen LogP) is 1.74. The highest BCUT2D eigenvalue weighted by molar-refractivity contribution is 5.48. The van der Waals surface area contributed by atoms with E-state index in [2.05, 4.69) is 22.0 Å². The summed E-state index contributed by atoms with van der Waals surface area (Å²) in [6, 6.07) is 4.40. The fourth-order valence-corrected chi connectivity index (χ4v) is 2.50. The monoisotopic (exact) mass is 217 g/mol. The highest BCUT2D eigenvalue weighted by atomic mass is 15.2. The minimum absolute atomic E-state index is 0.678. The van der Waals surface area contributed by atoms with Crippen LogP contribution in [0.5, 0.6) is 0 Å². The van der Waals surface area contributed by atoms with E-state index >= 15 is 0 Å². The van der Waals surface area contributed by atoms with E-state index in [9.17, 15) is 0 Å². The van der Waals surface area contributed by atoms with Gasteiger partial charge in [0.05, 0.1) is 0 Å². The van der Waals surface area contributed by atoms with Crippen molar-refractivity contribution < 1.29 is 0 Å². The van der Waals surface area contributed by atoms with Crippen LogP contribution in [-0.4, -0.2) is 24.6 Å². The molecule has 0 bridgehead atoms. The Hall–Kier alpha value is -1.09. The Morgan fingerprint density at radius 3 is 2.94 bits per heavy atom. The number of pyridine rings is 1. The topological polar surface area (TPSA) is 42.1 Å². The van der Waals surface area contributed by atoms with Gasteiger partial charge in [-0.1, -0.05) is 0 Å². The maximum Gasteiger partial charge on any atom is 0.0455 e. The van der Waals surface area contributed by atoms with Gasteiger partial charge in [-0.05, 0) is 43.9 Å². The summed E-state index contributed by atoms with van der Waals surface area (Å²) in [5.74, 6) is 1.42. The Labute approximate surface area is 96.7 Å². The van der Waals surface area contributed by atoms with Crippen LogP contribution >= 0.6 is 0 Å². The van der Waals surface area contributed by atoms with Crippen LogP contribution in [0.4, 0.5) is 5.69 Å². The molecule has 86 valence electrons. The van der Waals surface area contributed by atoms with Crippen molar-refractivity contribution in [1.82, 2.24) is 4.98 Å². The van der Waals surface area contributed by atoms with Crippen LogP contribution in [0, 0.1) is 5.92 Å². The van der Waals surface area contributed by atoms with Gasteiger partial charge < -0.3 is 10.6 Å². The molecule has 0 amide bonds. The number of rotatable bonds is 3. The van der Waals surface area contributed by atoms with Gasteiger partial charge in [-0.25, -0.2) is 0 Å². The van der Waals surface area contributed by atoms with Crippen LogP contribution < -0.4 is 10.6 Å². The van der Waals surface area contributed by atoms with Crippen molar-refractivity contribution >= 4 is 5.69 Å². The lowest BCUT2D eigenvalue weighted by atomic mass is 10.1. The van der Waals surface area contributed by atoms with Gasteiger partial charge in [0.1, 0.15) is 0 Å². The van der Waals surface area contributed by atoms with E-state index in [4.69, 9.17) is 5.73 Å². The average molecular weight is 217 g/mol. The third-order valence-corrected chi connectivity index (χ3v) is 3.74. The molecule has 1 saturated carbocycles. The third kappa shape index (κ3) is 1.92. The van der Waals surface area contributed by atoms with Gasteiger partial charge in [0, 0.05) is 36.6 Å². The first-order valence-corrected chi connectivity index (χ1v) is 6.28. The van der Waals surface area contributed by atoms with Crippen molar-refractivity contribution in [2.24, 2.45) is 11.7 Å². The average Bonchev–Trinajstić information content (AvgIpc) is 3.07. The smallest absolute Gasteiger partial charge is 0.0455 e. The van der Waals surface area contributed by atoms with Crippen molar-refractivity contribution in [1.29, 1.82) is 0 Å². The fraction of sp³-hybridized carbons (Fsp3) is 0.615. The first-order valence-electron chi connectivity index (χ1n) is 6.28. The summed E-state index contributed by atoms with van der Waals surface area (Å²) in [7, 11) is 0. The number of hydrogen-bond donors (Lipinski definition) is 1. The summed E-state index contributed by atoms with van der Waals surface area (Å²) in [5, 5.41) is 0. The summed E-state index contributed by atoms with van der Waals surface area (Å²) < 4.78 is 0. The summed E-state index contributed by atoms with van der Waals surface area (Å²) in [4.78, 5) is 6.91. The van der Waals surface area contributed by atoms with Gasteiger partial charge in [-0.15, -0.1) is 0 Å². The lowest BCUT2D eigenvalue weighted by molar-refractivity contribution is 0.602. The molecule has 3 rings (SSSR count). The molecular formula is C13H19N3. The molecule has 1 saturated heterocycles. The number of hydrogen-bond acceptors (Lipinski definition) is 3. The second-order valence-corrected chi connectivity index (χ2v) is 5.05. The highest BCUT2D eigenvalue weighted by Crippen LogP contribution is 2.40. The summed E-state index contributed by atoms with van der Waals surface area (Å²) in [6.07, 6.45) is 5.83. The molecule has 3 nitrogen and oxygen atoms in total. The molecule has 1 aliphatic carbocycles. The van der Waals surface area contributed by atoms with E-state index in [1.54, 1.807) is 0 Å². The van der Waals surface area contributed by atoms with Gasteiger partial charge in [-0.3, -0.25) is 4.98 Å². The van der Waals surface area contributed by atoms with Gasteiger partial charge in [0.25, 0.3) is 0 Å². The molecule has 1 aromatic rings. The minimum Gasteiger partial charge on any atom is -0.371 e. The fourth-order valence-electron chi connectivity index (χ4n) is 2.50. The van der Waals surface area contributed by atoms with Gasteiger partial charge in [0.15, 0.2) is 0 Å². The maximum absolute atomic E-state index is 5.72. The van der Waals surface area contributed by atoms with Crippen molar-refractivity contribution in [3.05, 3.63) is 24.0 Å². The molecule has 2 heterocycles. The van der Waals surface area contributed by atoms with Crippen molar-refractivity contribution in [3.8, 4) is 0 Å². The zero-order chi connectivity index (χ0) is 11.0. The third-order valence-electron chi connectivity index (χ3n) is 3.74. The largest absolute Gasteiger partial charge is 0.371 e. The molecule has 1 aromatic heterocycles. The van der Waals surface area contributed by atoms with Crippen LogP contribution in [-0.2, 0) is 0 Å². The Morgan fingerprint density at radius 2 is 2.25 bits per heavy atom. The second-order valence-electron chi connectivity index (χ2n) is 5.05. The van der Waals surface area contributed by atoms with E-state index in [1.165, 1.54) is 30.6 Å². The molecule has 2 fully saturated rings. The van der Waals surface area contributed by atoms with Gasteiger partial charge in [0.2, 0.25) is 0 Å². The molecule has 1 unspecified atom stereocenters. The molecule has 2 N–H and O–H groups in total. The van der Waals surface area contributed by atoms with E-state index < -0.39 is 0 Å². The van der Waals surface area contributed by atoms with Crippen LogP contribution in [0.25, 0.3) is 0 Å². The van der Waals surface area contributed by atoms with Crippen LogP contribution in [0.2, 0.25) is 0 Å².